The van der Waals surface area contributed by atoms with Crippen molar-refractivity contribution >= 4 is 25.7 Å². The molecule has 6 nitrogen and oxygen atoms in total. The van der Waals surface area contributed by atoms with E-state index in [0.717, 1.165) is 25.7 Å². The maximum absolute atomic E-state index is 12.0. The van der Waals surface area contributed by atoms with Gasteiger partial charge in [0, 0.05) is 10.7 Å². The first-order valence-electron chi connectivity index (χ1n) is 6.49. The highest BCUT2D eigenvalue weighted by atomic mass is 35.7. The van der Waals surface area contributed by atoms with Crippen LogP contribution in [0.5, 0.6) is 0 Å². The first-order valence-corrected chi connectivity index (χ1v) is 8.80. The number of hydrogen-bond donors (Lipinski definition) is 1. The number of halogens is 1. The first kappa shape index (κ1) is 15.3. The average Bonchev–Trinajstić information content (AvgIpc) is 2.74. The van der Waals surface area contributed by atoms with Crippen molar-refractivity contribution in [2.45, 2.75) is 50.5 Å². The molecular weight excluding hydrogens is 304 g/mol. The maximum Gasteiger partial charge on any atom is 0.360 e. The number of aromatic nitrogens is 2. The summed E-state index contributed by atoms with van der Waals surface area (Å²) in [6, 6.07) is 0. The van der Waals surface area contributed by atoms with Crippen LogP contribution in [0, 0.1) is 12.8 Å². The fourth-order valence-electron chi connectivity index (χ4n) is 2.41. The molecule has 0 aliphatic heterocycles. The molecule has 1 aliphatic rings. The Labute approximate surface area is 122 Å². The molecule has 8 heteroatoms. The van der Waals surface area contributed by atoms with Crippen LogP contribution in [0.15, 0.2) is 4.90 Å². The highest BCUT2D eigenvalue weighted by Gasteiger charge is 2.30. The lowest BCUT2D eigenvalue weighted by Crippen LogP contribution is -2.24. The van der Waals surface area contributed by atoms with Crippen LogP contribution in [0.4, 0.5) is 0 Å². The molecule has 0 atom stereocenters. The molecule has 1 N–H and O–H groups in total. The van der Waals surface area contributed by atoms with Crippen LogP contribution in [0.1, 0.15) is 48.8 Å². The van der Waals surface area contributed by atoms with Crippen molar-refractivity contribution in [3.8, 4) is 0 Å². The zero-order valence-electron chi connectivity index (χ0n) is 11.3. The van der Waals surface area contributed by atoms with Crippen molar-refractivity contribution < 1.29 is 17.9 Å². The third-order valence-electron chi connectivity index (χ3n) is 3.56. The van der Waals surface area contributed by atoms with E-state index in [0.29, 0.717) is 5.92 Å². The number of nitrogens with one attached hydrogen (secondary N) is 1. The third kappa shape index (κ3) is 3.32. The van der Waals surface area contributed by atoms with Crippen molar-refractivity contribution in [2.24, 2.45) is 5.92 Å². The van der Waals surface area contributed by atoms with Gasteiger partial charge in [0.05, 0.1) is 5.69 Å². The average molecular weight is 321 g/mol. The third-order valence-corrected chi connectivity index (χ3v) is 5.01. The minimum Gasteiger partial charge on any atom is -0.458 e. The summed E-state index contributed by atoms with van der Waals surface area (Å²) in [5.74, 6) is -0.107. The van der Waals surface area contributed by atoms with E-state index < -0.39 is 15.0 Å². The molecule has 1 aromatic rings. The zero-order chi connectivity index (χ0) is 14.9. The number of aryl methyl sites for hydroxylation is 1. The van der Waals surface area contributed by atoms with E-state index >= 15 is 0 Å². The molecular formula is C12H17ClN2O4S. The van der Waals surface area contributed by atoms with E-state index in [-0.39, 0.29) is 22.4 Å². The maximum atomic E-state index is 12.0. The summed E-state index contributed by atoms with van der Waals surface area (Å²) in [6.45, 7) is 3.65. The lowest BCUT2D eigenvalue weighted by Gasteiger charge is -2.25. The number of carbonyl (C=O) groups is 1. The molecule has 1 heterocycles. The zero-order valence-corrected chi connectivity index (χ0v) is 12.9. The molecule has 112 valence electrons. The van der Waals surface area contributed by atoms with Crippen LogP contribution in [0.3, 0.4) is 0 Å². The number of esters is 1. The van der Waals surface area contributed by atoms with Gasteiger partial charge in [0.2, 0.25) is 0 Å². The van der Waals surface area contributed by atoms with E-state index in [1.165, 1.54) is 6.92 Å². The highest BCUT2D eigenvalue weighted by molar-refractivity contribution is 8.13. The Morgan fingerprint density at radius 1 is 1.35 bits per heavy atom. The van der Waals surface area contributed by atoms with Gasteiger partial charge < -0.3 is 4.74 Å². The van der Waals surface area contributed by atoms with Gasteiger partial charge in [-0.05, 0) is 38.5 Å². The van der Waals surface area contributed by atoms with E-state index in [1.54, 1.807) is 0 Å². The van der Waals surface area contributed by atoms with Crippen molar-refractivity contribution in [3.63, 3.8) is 0 Å². The molecule has 0 radical (unpaired) electrons. The summed E-state index contributed by atoms with van der Waals surface area (Å²) in [6.07, 6.45) is 3.40. The Morgan fingerprint density at radius 3 is 2.50 bits per heavy atom. The molecule has 1 saturated carbocycles. The molecule has 0 unspecified atom stereocenters. The Morgan fingerprint density at radius 2 is 1.95 bits per heavy atom. The van der Waals surface area contributed by atoms with Crippen LogP contribution >= 0.6 is 10.7 Å². The van der Waals surface area contributed by atoms with Gasteiger partial charge in [-0.2, -0.15) is 5.10 Å². The van der Waals surface area contributed by atoms with E-state index in [9.17, 15) is 13.2 Å². The lowest BCUT2D eigenvalue weighted by atomic mass is 9.89. The number of H-pyrrole nitrogens is 1. The van der Waals surface area contributed by atoms with Crippen LogP contribution < -0.4 is 0 Å². The van der Waals surface area contributed by atoms with Gasteiger partial charge in [-0.15, -0.1) is 0 Å². The van der Waals surface area contributed by atoms with Crippen LogP contribution in [0.25, 0.3) is 0 Å². The van der Waals surface area contributed by atoms with Gasteiger partial charge in [0.1, 0.15) is 11.0 Å². The number of ether oxygens (including phenoxy) is 1. The molecule has 0 spiro atoms. The number of nitrogens with zero attached hydrogens (tertiary/aromatic N) is 1. The predicted octanol–water partition coefficient (Wildman–Crippen LogP) is 2.38. The van der Waals surface area contributed by atoms with Gasteiger partial charge in [0.25, 0.3) is 9.05 Å². The van der Waals surface area contributed by atoms with Gasteiger partial charge in [-0.3, -0.25) is 5.10 Å². The van der Waals surface area contributed by atoms with E-state index in [4.69, 9.17) is 15.4 Å². The molecule has 0 bridgehead atoms. The number of carbonyl (C=O) groups excluding carboxylic acids is 1. The van der Waals surface area contributed by atoms with Crippen molar-refractivity contribution in [2.75, 3.05) is 0 Å². The van der Waals surface area contributed by atoms with Gasteiger partial charge in [-0.1, -0.05) is 6.92 Å². The molecule has 1 aliphatic carbocycles. The summed E-state index contributed by atoms with van der Waals surface area (Å²) in [5.41, 5.74) is -0.0414. The largest absolute Gasteiger partial charge is 0.458 e. The first-order chi connectivity index (χ1) is 9.29. The van der Waals surface area contributed by atoms with Crippen LogP contribution in [-0.4, -0.2) is 30.7 Å². The summed E-state index contributed by atoms with van der Waals surface area (Å²) in [4.78, 5) is 11.7. The summed E-state index contributed by atoms with van der Waals surface area (Å²) in [7, 11) is 1.28. The van der Waals surface area contributed by atoms with Crippen LogP contribution in [-0.2, 0) is 13.8 Å². The minimum atomic E-state index is -4.04. The highest BCUT2D eigenvalue weighted by Crippen LogP contribution is 2.28. The molecule has 0 amide bonds. The monoisotopic (exact) mass is 320 g/mol. The Kier molecular flexibility index (Phi) is 4.39. The fourth-order valence-corrected chi connectivity index (χ4v) is 3.75. The van der Waals surface area contributed by atoms with Crippen molar-refractivity contribution in [1.29, 1.82) is 0 Å². The SMILES string of the molecule is Cc1[nH]nc(C(=O)OC2CCC(C)CC2)c1S(=O)(=O)Cl. The second kappa shape index (κ2) is 5.73. The molecule has 1 fully saturated rings. The van der Waals surface area contributed by atoms with Gasteiger partial charge in [-0.25, -0.2) is 13.2 Å². The van der Waals surface area contributed by atoms with Crippen molar-refractivity contribution in [1.82, 2.24) is 10.2 Å². The molecule has 20 heavy (non-hydrogen) atoms. The van der Waals surface area contributed by atoms with Gasteiger partial charge >= 0.3 is 5.97 Å². The number of rotatable bonds is 3. The molecule has 0 saturated heterocycles. The summed E-state index contributed by atoms with van der Waals surface area (Å²) >= 11 is 0. The Balaban J connectivity index is 2.14. The molecule has 0 aromatic carbocycles. The van der Waals surface area contributed by atoms with E-state index in [1.807, 2.05) is 0 Å². The number of hydrogen-bond acceptors (Lipinski definition) is 5. The van der Waals surface area contributed by atoms with Crippen LogP contribution in [0.2, 0.25) is 0 Å². The smallest absolute Gasteiger partial charge is 0.360 e. The van der Waals surface area contributed by atoms with Gasteiger partial charge in [0.15, 0.2) is 5.69 Å². The fraction of sp³-hybridized carbons (Fsp3) is 0.667. The Hall–Kier alpha value is -1.08. The Bertz CT molecular complexity index is 603. The normalized spacial score (nSPS) is 23.6. The predicted molar refractivity (Wildman–Crippen MR) is 73.2 cm³/mol. The quantitative estimate of drug-likeness (QED) is 0.682. The molecule has 1 aromatic heterocycles. The minimum absolute atomic E-state index is 0.179. The number of aromatic amines is 1. The molecule has 2 rings (SSSR count). The lowest BCUT2D eigenvalue weighted by molar-refractivity contribution is 0.0163. The van der Waals surface area contributed by atoms with Crippen molar-refractivity contribution in [3.05, 3.63) is 11.4 Å². The second-order valence-corrected chi connectivity index (χ2v) is 7.75. The summed E-state index contributed by atoms with van der Waals surface area (Å²) in [5, 5.41) is 6.15. The summed E-state index contributed by atoms with van der Waals surface area (Å²) < 4.78 is 28.3. The topological polar surface area (TPSA) is 89.1 Å². The second-order valence-electron chi connectivity index (χ2n) is 5.25. The van der Waals surface area contributed by atoms with E-state index in [2.05, 4.69) is 17.1 Å². The standard InChI is InChI=1S/C12H17ClN2O4S/c1-7-3-5-9(6-4-7)19-12(16)10-11(20(13,17)18)8(2)14-15-10/h7,9H,3-6H2,1-2H3,(H,14,15).